The van der Waals surface area contributed by atoms with E-state index in [1.807, 2.05) is 30.3 Å². The lowest BCUT2D eigenvalue weighted by Gasteiger charge is -2.26. The molecule has 154 valence electrons. The van der Waals surface area contributed by atoms with E-state index in [9.17, 15) is 4.79 Å². The highest BCUT2D eigenvalue weighted by Crippen LogP contribution is 2.23. The van der Waals surface area contributed by atoms with E-state index in [2.05, 4.69) is 11.2 Å². The molecule has 0 bridgehead atoms. The summed E-state index contributed by atoms with van der Waals surface area (Å²) in [6.07, 6.45) is 3.71. The third-order valence-corrected chi connectivity index (χ3v) is 4.78. The van der Waals surface area contributed by atoms with Gasteiger partial charge in [-0.15, -0.1) is 0 Å². The number of primary amides is 1. The number of hydrogen-bond donors (Lipinski definition) is 3. The van der Waals surface area contributed by atoms with Gasteiger partial charge in [-0.05, 0) is 54.8 Å². The molecule has 2 aromatic rings. The van der Waals surface area contributed by atoms with Crippen molar-refractivity contribution < 1.29 is 9.53 Å². The molecule has 1 aliphatic rings. The number of likely N-dealkylation sites (tertiary alicyclic amines) is 1. The molecule has 30 heavy (non-hydrogen) atoms. The number of carbonyl (C=O) groups excluding carboxylic acids is 1. The van der Waals surface area contributed by atoms with Gasteiger partial charge in [0.2, 0.25) is 0 Å². The van der Waals surface area contributed by atoms with E-state index in [-0.39, 0.29) is 23.1 Å². The minimum Gasteiger partial charge on any atom is -0.457 e. The summed E-state index contributed by atoms with van der Waals surface area (Å²) in [5.41, 5.74) is 18.5. The first-order valence-electron chi connectivity index (χ1n) is 9.59. The molecule has 1 fully saturated rings. The number of nitriles is 1. The van der Waals surface area contributed by atoms with Crippen LogP contribution in [0.3, 0.4) is 0 Å². The Hall–Kier alpha value is -3.99. The Balaban J connectivity index is 1.82. The van der Waals surface area contributed by atoms with Crippen molar-refractivity contribution in [2.45, 2.75) is 18.9 Å². The topological polar surface area (TPSA) is 144 Å². The van der Waals surface area contributed by atoms with Crippen LogP contribution in [-0.2, 0) is 4.79 Å². The number of nitrogens with two attached hydrogens (primary N) is 3. The molecule has 0 aromatic heterocycles. The van der Waals surface area contributed by atoms with Gasteiger partial charge in [0, 0.05) is 6.54 Å². The van der Waals surface area contributed by atoms with Gasteiger partial charge >= 0.3 is 0 Å². The summed E-state index contributed by atoms with van der Waals surface area (Å²) in [7, 11) is 0. The SMILES string of the molecule is N#CN1CCCC(N=C(N)C(C(N)=O)=C(N)c2ccc(Oc3ccccc3)cc2)C1. The quantitative estimate of drug-likeness (QED) is 0.290. The highest BCUT2D eigenvalue weighted by molar-refractivity contribution is 6.24. The summed E-state index contributed by atoms with van der Waals surface area (Å²) in [6, 6.07) is 16.1. The van der Waals surface area contributed by atoms with Crippen LogP contribution in [0.2, 0.25) is 0 Å². The zero-order valence-corrected chi connectivity index (χ0v) is 16.5. The fourth-order valence-corrected chi connectivity index (χ4v) is 3.28. The molecule has 1 heterocycles. The highest BCUT2D eigenvalue weighted by atomic mass is 16.5. The van der Waals surface area contributed by atoms with E-state index in [1.54, 1.807) is 29.2 Å². The predicted octanol–water partition coefficient (Wildman–Crippen LogP) is 1.94. The summed E-state index contributed by atoms with van der Waals surface area (Å²) in [6.45, 7) is 1.15. The number of hydrogen-bond acceptors (Lipinski definition) is 6. The molecular weight excluding hydrogens is 380 g/mol. The highest BCUT2D eigenvalue weighted by Gasteiger charge is 2.22. The van der Waals surface area contributed by atoms with Crippen LogP contribution in [0.1, 0.15) is 18.4 Å². The van der Waals surface area contributed by atoms with Crippen molar-refractivity contribution in [2.75, 3.05) is 13.1 Å². The maximum Gasteiger partial charge on any atom is 0.254 e. The molecule has 8 heteroatoms. The second-order valence-corrected chi connectivity index (χ2v) is 6.95. The second-order valence-electron chi connectivity index (χ2n) is 6.95. The molecule has 1 atom stereocenters. The number of benzene rings is 2. The van der Waals surface area contributed by atoms with Crippen molar-refractivity contribution in [1.82, 2.24) is 4.90 Å². The van der Waals surface area contributed by atoms with Crippen LogP contribution in [0.4, 0.5) is 0 Å². The van der Waals surface area contributed by atoms with Crippen molar-refractivity contribution in [3.8, 4) is 17.7 Å². The number of aliphatic imine (C=N–C) groups is 1. The zero-order chi connectivity index (χ0) is 21.5. The summed E-state index contributed by atoms with van der Waals surface area (Å²) >= 11 is 0. The molecule has 6 N–H and O–H groups in total. The molecule has 1 amide bonds. The van der Waals surface area contributed by atoms with E-state index >= 15 is 0 Å². The molecule has 1 aliphatic heterocycles. The Kier molecular flexibility index (Phi) is 6.55. The van der Waals surface area contributed by atoms with Crippen molar-refractivity contribution in [2.24, 2.45) is 22.2 Å². The van der Waals surface area contributed by atoms with Crippen molar-refractivity contribution in [3.05, 3.63) is 65.7 Å². The molecule has 8 nitrogen and oxygen atoms in total. The number of carbonyl (C=O) groups is 1. The minimum absolute atomic E-state index is 0.0191. The Labute approximate surface area is 175 Å². The molecule has 1 saturated heterocycles. The molecule has 3 rings (SSSR count). The number of amides is 1. The maximum absolute atomic E-state index is 12.1. The number of amidine groups is 1. The zero-order valence-electron chi connectivity index (χ0n) is 16.5. The third kappa shape index (κ3) is 5.08. The summed E-state index contributed by atoms with van der Waals surface area (Å²) in [5.74, 6) is 0.557. The van der Waals surface area contributed by atoms with Gasteiger partial charge in [-0.25, -0.2) is 0 Å². The number of nitrogens with zero attached hydrogens (tertiary/aromatic N) is 3. The summed E-state index contributed by atoms with van der Waals surface area (Å²) < 4.78 is 5.76. The lowest BCUT2D eigenvalue weighted by molar-refractivity contribution is -0.114. The fraction of sp³-hybridized carbons (Fsp3) is 0.227. The first kappa shape index (κ1) is 20.7. The van der Waals surface area contributed by atoms with Crippen molar-refractivity contribution in [3.63, 3.8) is 0 Å². The Morgan fingerprint density at radius 1 is 1.07 bits per heavy atom. The van der Waals surface area contributed by atoms with Gasteiger partial charge in [-0.2, -0.15) is 5.26 Å². The van der Waals surface area contributed by atoms with E-state index < -0.39 is 5.91 Å². The first-order chi connectivity index (χ1) is 14.5. The van der Waals surface area contributed by atoms with Crippen molar-refractivity contribution in [1.29, 1.82) is 5.26 Å². The Morgan fingerprint density at radius 2 is 1.73 bits per heavy atom. The van der Waals surface area contributed by atoms with Gasteiger partial charge < -0.3 is 26.8 Å². The first-order valence-corrected chi connectivity index (χ1v) is 9.59. The minimum atomic E-state index is -0.758. The molecule has 0 spiro atoms. The molecule has 1 unspecified atom stereocenters. The predicted molar refractivity (Wildman–Crippen MR) is 115 cm³/mol. The summed E-state index contributed by atoms with van der Waals surface area (Å²) in [4.78, 5) is 18.1. The van der Waals surface area contributed by atoms with Crippen LogP contribution in [0.25, 0.3) is 5.70 Å². The lowest BCUT2D eigenvalue weighted by atomic mass is 10.0. The van der Waals surface area contributed by atoms with Crippen molar-refractivity contribution >= 4 is 17.4 Å². The third-order valence-electron chi connectivity index (χ3n) is 4.78. The van der Waals surface area contributed by atoms with Crippen LogP contribution in [0, 0.1) is 11.5 Å². The van der Waals surface area contributed by atoms with Crippen LogP contribution in [0.15, 0.2) is 65.2 Å². The summed E-state index contributed by atoms with van der Waals surface area (Å²) in [5, 5.41) is 9.08. The number of para-hydroxylation sites is 1. The lowest BCUT2D eigenvalue weighted by Crippen LogP contribution is -2.37. The largest absolute Gasteiger partial charge is 0.457 e. The van der Waals surface area contributed by atoms with E-state index in [0.717, 1.165) is 12.8 Å². The number of rotatable bonds is 6. The average molecular weight is 404 g/mol. The molecule has 0 aliphatic carbocycles. The van der Waals surface area contributed by atoms with Gasteiger partial charge in [-0.1, -0.05) is 18.2 Å². The van der Waals surface area contributed by atoms with Gasteiger partial charge in [0.25, 0.3) is 5.91 Å². The molecular formula is C22H24N6O2. The van der Waals surface area contributed by atoms with Crippen LogP contribution in [0.5, 0.6) is 11.5 Å². The van der Waals surface area contributed by atoms with Crippen LogP contribution < -0.4 is 21.9 Å². The maximum atomic E-state index is 12.1. The molecule has 0 radical (unpaired) electrons. The Bertz CT molecular complexity index is 993. The van der Waals surface area contributed by atoms with E-state index in [0.29, 0.717) is 30.2 Å². The van der Waals surface area contributed by atoms with E-state index in [4.69, 9.17) is 27.2 Å². The normalized spacial score (nSPS) is 17.6. The Morgan fingerprint density at radius 3 is 2.37 bits per heavy atom. The van der Waals surface area contributed by atoms with Gasteiger partial charge in [-0.3, -0.25) is 9.79 Å². The van der Waals surface area contributed by atoms with Gasteiger partial charge in [0.05, 0.1) is 18.3 Å². The monoisotopic (exact) mass is 404 g/mol. The van der Waals surface area contributed by atoms with Crippen LogP contribution >= 0.6 is 0 Å². The average Bonchev–Trinajstić information content (AvgIpc) is 2.75. The van der Waals surface area contributed by atoms with Gasteiger partial charge in [0.15, 0.2) is 6.19 Å². The van der Waals surface area contributed by atoms with Gasteiger partial charge in [0.1, 0.15) is 22.9 Å². The van der Waals surface area contributed by atoms with E-state index in [1.165, 1.54) is 0 Å². The standard InChI is InChI=1S/C22H24N6O2/c23-14-28-12-4-5-16(13-28)27-21(25)19(22(26)29)20(24)15-8-10-18(11-9-15)30-17-6-2-1-3-7-17/h1-3,6-11,16H,4-5,12-13,24H2,(H2,25,27)(H2,26,29). The number of piperidine rings is 1. The second kappa shape index (κ2) is 9.47. The number of ether oxygens (including phenoxy) is 1. The smallest absolute Gasteiger partial charge is 0.254 e. The molecule has 0 saturated carbocycles. The van der Waals surface area contributed by atoms with Crippen LogP contribution in [-0.4, -0.2) is 35.8 Å². The molecule has 2 aromatic carbocycles. The fourth-order valence-electron chi connectivity index (χ4n) is 3.28.